The zero-order valence-corrected chi connectivity index (χ0v) is 11.5. The maximum Gasteiger partial charge on any atom is 0.323 e. The van der Waals surface area contributed by atoms with Gasteiger partial charge in [-0.1, -0.05) is 0 Å². The minimum absolute atomic E-state index is 0.0239. The molecule has 1 amide bonds. The fourth-order valence-electron chi connectivity index (χ4n) is 1.24. The van der Waals surface area contributed by atoms with Gasteiger partial charge in [0.1, 0.15) is 12.8 Å². The van der Waals surface area contributed by atoms with Crippen LogP contribution in [0.2, 0.25) is 0 Å². The average Bonchev–Trinajstić information content (AvgIpc) is 2.76. The summed E-state index contributed by atoms with van der Waals surface area (Å²) in [5.41, 5.74) is -0.0239. The molecule has 1 N–H and O–H groups in total. The van der Waals surface area contributed by atoms with Gasteiger partial charge in [-0.25, -0.2) is 12.7 Å². The SMILES string of the molecule is CN(CC(=O)O)C(=O)c1coc(S(=O)(=O)N(C)C)c1. The molecule has 0 bridgehead atoms. The molecule has 0 aromatic carbocycles. The summed E-state index contributed by atoms with van der Waals surface area (Å²) in [6, 6.07) is 1.07. The molecule has 8 nitrogen and oxygen atoms in total. The molecule has 0 aliphatic rings. The highest BCUT2D eigenvalue weighted by Crippen LogP contribution is 2.17. The van der Waals surface area contributed by atoms with Crippen LogP contribution in [-0.2, 0) is 14.8 Å². The maximum atomic E-state index is 11.8. The van der Waals surface area contributed by atoms with E-state index in [4.69, 9.17) is 9.52 Å². The molecule has 0 spiro atoms. The Labute approximate surface area is 110 Å². The number of carbonyl (C=O) groups excluding carboxylic acids is 1. The van der Waals surface area contributed by atoms with E-state index in [1.165, 1.54) is 21.1 Å². The van der Waals surface area contributed by atoms with E-state index in [0.29, 0.717) is 0 Å². The summed E-state index contributed by atoms with van der Waals surface area (Å²) in [5, 5.41) is 8.20. The number of hydrogen-bond acceptors (Lipinski definition) is 5. The number of aliphatic carboxylic acids is 1. The standard InChI is InChI=1S/C10H14N2O6S/c1-11(2)19(16,17)9-4-7(6-18-9)10(15)12(3)5-8(13)14/h4,6H,5H2,1-3H3,(H,13,14). The Hall–Kier alpha value is -1.87. The van der Waals surface area contributed by atoms with E-state index in [1.54, 1.807) is 0 Å². The molecule has 9 heteroatoms. The molecule has 1 rings (SSSR count). The van der Waals surface area contributed by atoms with Gasteiger partial charge in [-0.2, -0.15) is 0 Å². The van der Waals surface area contributed by atoms with Gasteiger partial charge >= 0.3 is 5.97 Å². The smallest absolute Gasteiger partial charge is 0.323 e. The van der Waals surface area contributed by atoms with Gasteiger partial charge in [-0.05, 0) is 0 Å². The van der Waals surface area contributed by atoms with Crippen LogP contribution < -0.4 is 0 Å². The van der Waals surface area contributed by atoms with Crippen LogP contribution in [0.5, 0.6) is 0 Å². The van der Waals surface area contributed by atoms with Crippen molar-refractivity contribution in [3.05, 3.63) is 17.9 Å². The Kier molecular flexibility index (Phi) is 4.32. The number of carbonyl (C=O) groups is 2. The maximum absolute atomic E-state index is 11.8. The first-order valence-corrected chi connectivity index (χ1v) is 6.58. The Morgan fingerprint density at radius 3 is 2.37 bits per heavy atom. The lowest BCUT2D eigenvalue weighted by Crippen LogP contribution is -2.31. The predicted octanol–water partition coefficient (Wildman–Crippen LogP) is -0.313. The summed E-state index contributed by atoms with van der Waals surface area (Å²) in [7, 11) is 0.195. The Bertz CT molecular complexity index is 589. The molecule has 1 aromatic rings. The summed E-state index contributed by atoms with van der Waals surface area (Å²) in [4.78, 5) is 23.2. The number of sulfonamides is 1. The number of carboxylic acids is 1. The van der Waals surface area contributed by atoms with Crippen LogP contribution in [0.4, 0.5) is 0 Å². The first-order chi connectivity index (χ1) is 8.66. The monoisotopic (exact) mass is 290 g/mol. The second kappa shape index (κ2) is 5.41. The minimum Gasteiger partial charge on any atom is -0.480 e. The van der Waals surface area contributed by atoms with Crippen molar-refractivity contribution in [2.45, 2.75) is 5.09 Å². The van der Waals surface area contributed by atoms with Crippen LogP contribution in [0.1, 0.15) is 10.4 Å². The van der Waals surface area contributed by atoms with Crippen molar-refractivity contribution in [2.75, 3.05) is 27.7 Å². The van der Waals surface area contributed by atoms with Gasteiger partial charge in [0.05, 0.1) is 5.56 Å². The van der Waals surface area contributed by atoms with E-state index in [0.717, 1.165) is 21.5 Å². The number of likely N-dealkylation sites (N-methyl/N-ethyl adjacent to an activating group) is 1. The fourth-order valence-corrected chi connectivity index (χ4v) is 2.04. The lowest BCUT2D eigenvalue weighted by molar-refractivity contribution is -0.137. The largest absolute Gasteiger partial charge is 0.480 e. The number of rotatable bonds is 5. The molecular weight excluding hydrogens is 276 g/mol. The predicted molar refractivity (Wildman–Crippen MR) is 64.2 cm³/mol. The molecule has 19 heavy (non-hydrogen) atoms. The Balaban J connectivity index is 2.98. The van der Waals surface area contributed by atoms with Gasteiger partial charge in [0.25, 0.3) is 15.9 Å². The molecule has 1 aromatic heterocycles. The van der Waals surface area contributed by atoms with Gasteiger partial charge in [-0.3, -0.25) is 9.59 Å². The van der Waals surface area contributed by atoms with E-state index in [-0.39, 0.29) is 10.7 Å². The van der Waals surface area contributed by atoms with Crippen LogP contribution in [0.3, 0.4) is 0 Å². The summed E-state index contributed by atoms with van der Waals surface area (Å²) in [5.74, 6) is -1.80. The lowest BCUT2D eigenvalue weighted by atomic mass is 10.3. The zero-order chi connectivity index (χ0) is 14.8. The van der Waals surface area contributed by atoms with Crippen molar-refractivity contribution < 1.29 is 27.5 Å². The quantitative estimate of drug-likeness (QED) is 0.796. The van der Waals surface area contributed by atoms with Crippen LogP contribution in [0.15, 0.2) is 21.8 Å². The molecule has 0 saturated heterocycles. The van der Waals surface area contributed by atoms with Crippen molar-refractivity contribution in [2.24, 2.45) is 0 Å². The molecule has 0 unspecified atom stereocenters. The summed E-state index contributed by atoms with van der Waals surface area (Å²) in [6.07, 6.45) is 0.983. The summed E-state index contributed by atoms with van der Waals surface area (Å²) < 4.78 is 29.2. The number of furan rings is 1. The first kappa shape index (κ1) is 15.2. The van der Waals surface area contributed by atoms with Crippen molar-refractivity contribution in [1.29, 1.82) is 0 Å². The van der Waals surface area contributed by atoms with Gasteiger partial charge in [0, 0.05) is 27.2 Å². The highest BCUT2D eigenvalue weighted by atomic mass is 32.2. The Morgan fingerprint density at radius 1 is 1.32 bits per heavy atom. The van der Waals surface area contributed by atoms with Crippen LogP contribution in [0, 0.1) is 0 Å². The molecular formula is C10H14N2O6S. The molecule has 0 aliphatic heterocycles. The molecule has 0 fully saturated rings. The molecule has 0 radical (unpaired) electrons. The first-order valence-electron chi connectivity index (χ1n) is 5.14. The fraction of sp³-hybridized carbons (Fsp3) is 0.400. The number of hydrogen-bond donors (Lipinski definition) is 1. The van der Waals surface area contributed by atoms with Crippen molar-refractivity contribution in [1.82, 2.24) is 9.21 Å². The average molecular weight is 290 g/mol. The van der Waals surface area contributed by atoms with E-state index in [9.17, 15) is 18.0 Å². The topological polar surface area (TPSA) is 108 Å². The van der Waals surface area contributed by atoms with Crippen molar-refractivity contribution in [3.8, 4) is 0 Å². The van der Waals surface area contributed by atoms with E-state index >= 15 is 0 Å². The molecule has 0 aliphatic carbocycles. The number of amides is 1. The second-order valence-electron chi connectivity index (χ2n) is 4.00. The molecule has 0 saturated carbocycles. The normalized spacial score (nSPS) is 11.6. The third kappa shape index (κ3) is 3.32. The molecule has 1 heterocycles. The van der Waals surface area contributed by atoms with Crippen molar-refractivity contribution >= 4 is 21.9 Å². The van der Waals surface area contributed by atoms with Gasteiger partial charge in [0.15, 0.2) is 0 Å². The lowest BCUT2D eigenvalue weighted by Gasteiger charge is -2.12. The number of carboxylic acid groups (broad SMARTS) is 1. The highest BCUT2D eigenvalue weighted by molar-refractivity contribution is 7.88. The Morgan fingerprint density at radius 2 is 1.89 bits per heavy atom. The van der Waals surface area contributed by atoms with E-state index < -0.39 is 28.4 Å². The third-order valence-electron chi connectivity index (χ3n) is 2.28. The van der Waals surface area contributed by atoms with E-state index in [2.05, 4.69) is 0 Å². The van der Waals surface area contributed by atoms with Crippen LogP contribution >= 0.6 is 0 Å². The van der Waals surface area contributed by atoms with Gasteiger partial charge in [0.2, 0.25) is 5.09 Å². The van der Waals surface area contributed by atoms with Crippen molar-refractivity contribution in [3.63, 3.8) is 0 Å². The van der Waals surface area contributed by atoms with Gasteiger partial charge in [-0.15, -0.1) is 0 Å². The highest BCUT2D eigenvalue weighted by Gasteiger charge is 2.24. The summed E-state index contributed by atoms with van der Waals surface area (Å²) >= 11 is 0. The molecule has 0 atom stereocenters. The third-order valence-corrected chi connectivity index (χ3v) is 3.96. The molecule has 106 valence electrons. The zero-order valence-electron chi connectivity index (χ0n) is 10.7. The van der Waals surface area contributed by atoms with Crippen LogP contribution in [-0.4, -0.2) is 62.3 Å². The second-order valence-corrected chi connectivity index (χ2v) is 6.08. The van der Waals surface area contributed by atoms with E-state index in [1.807, 2.05) is 0 Å². The number of nitrogens with zero attached hydrogens (tertiary/aromatic N) is 2. The summed E-state index contributed by atoms with van der Waals surface area (Å²) in [6.45, 7) is -0.486. The van der Waals surface area contributed by atoms with Gasteiger partial charge < -0.3 is 14.4 Å². The van der Waals surface area contributed by atoms with Crippen LogP contribution in [0.25, 0.3) is 0 Å². The minimum atomic E-state index is -3.76.